The van der Waals surface area contributed by atoms with Gasteiger partial charge in [0.2, 0.25) is 0 Å². The third-order valence-corrected chi connectivity index (χ3v) is 4.55. The van der Waals surface area contributed by atoms with Gasteiger partial charge in [0.15, 0.2) is 0 Å². The van der Waals surface area contributed by atoms with Crippen LogP contribution < -0.4 is 0 Å². The van der Waals surface area contributed by atoms with Crippen molar-refractivity contribution >= 4 is 33.6 Å². The molecule has 1 amide bonds. The molecule has 2 rings (SSSR count). The van der Waals surface area contributed by atoms with Crippen LogP contribution in [0.2, 0.25) is 0 Å². The highest BCUT2D eigenvalue weighted by Gasteiger charge is 2.28. The maximum atomic E-state index is 12.6. The van der Waals surface area contributed by atoms with Crippen LogP contribution in [0.15, 0.2) is 29.2 Å². The first-order chi connectivity index (χ1) is 8.77. The van der Waals surface area contributed by atoms with Crippen molar-refractivity contribution in [3.8, 4) is 0 Å². The summed E-state index contributed by atoms with van der Waals surface area (Å²) in [5.41, 5.74) is 0.790. The minimum atomic E-state index is 0.104. The molecule has 1 fully saturated rings. The highest BCUT2D eigenvalue weighted by Crippen LogP contribution is 2.23. The van der Waals surface area contributed by atoms with Crippen molar-refractivity contribution in [2.75, 3.05) is 31.3 Å². The van der Waals surface area contributed by atoms with E-state index in [4.69, 9.17) is 4.74 Å². The second kappa shape index (κ2) is 6.59. The van der Waals surface area contributed by atoms with Crippen molar-refractivity contribution in [3.05, 3.63) is 29.8 Å². The lowest BCUT2D eigenvalue weighted by Gasteiger charge is -2.35. The molecule has 0 aromatic heterocycles. The molecule has 1 atom stereocenters. The van der Waals surface area contributed by atoms with E-state index in [-0.39, 0.29) is 11.9 Å². The van der Waals surface area contributed by atoms with Gasteiger partial charge in [0, 0.05) is 16.8 Å². The SMILES string of the molecule is CSc1ccccc1C(=O)N1CCOCC1CBr. The highest BCUT2D eigenvalue weighted by molar-refractivity contribution is 9.09. The second-order valence-corrected chi connectivity index (χ2v) is 5.58. The van der Waals surface area contributed by atoms with Crippen LogP contribution >= 0.6 is 27.7 Å². The predicted molar refractivity (Wildman–Crippen MR) is 77.7 cm³/mol. The van der Waals surface area contributed by atoms with Crippen molar-refractivity contribution < 1.29 is 9.53 Å². The van der Waals surface area contributed by atoms with Crippen LogP contribution in [0.3, 0.4) is 0 Å². The zero-order valence-corrected chi connectivity index (χ0v) is 12.7. The number of ether oxygens (including phenoxy) is 1. The van der Waals surface area contributed by atoms with Gasteiger partial charge in [-0.1, -0.05) is 28.1 Å². The number of alkyl halides is 1. The average Bonchev–Trinajstić information content (AvgIpc) is 2.46. The number of carbonyl (C=O) groups is 1. The van der Waals surface area contributed by atoms with Gasteiger partial charge in [-0.15, -0.1) is 11.8 Å². The standard InChI is InChI=1S/C13H16BrNO2S/c1-18-12-5-3-2-4-11(12)13(16)15-6-7-17-9-10(15)8-14/h2-5,10H,6-9H2,1H3. The van der Waals surface area contributed by atoms with E-state index >= 15 is 0 Å². The summed E-state index contributed by atoms with van der Waals surface area (Å²) in [6.45, 7) is 1.90. The molecule has 1 aromatic rings. The molecular weight excluding hydrogens is 314 g/mol. The molecular formula is C13H16BrNO2S. The molecule has 1 aromatic carbocycles. The molecule has 0 radical (unpaired) electrons. The molecule has 98 valence electrons. The fourth-order valence-electron chi connectivity index (χ4n) is 2.03. The number of rotatable bonds is 3. The average molecular weight is 330 g/mol. The third kappa shape index (κ3) is 2.90. The Balaban J connectivity index is 2.24. The van der Waals surface area contributed by atoms with Crippen molar-refractivity contribution in [3.63, 3.8) is 0 Å². The monoisotopic (exact) mass is 329 g/mol. The van der Waals surface area contributed by atoms with E-state index in [2.05, 4.69) is 15.9 Å². The first kappa shape index (κ1) is 13.9. The normalized spacial score (nSPS) is 19.9. The first-order valence-electron chi connectivity index (χ1n) is 5.85. The predicted octanol–water partition coefficient (Wildman–Crippen LogP) is 2.64. The van der Waals surface area contributed by atoms with Gasteiger partial charge in [0.25, 0.3) is 5.91 Å². The molecule has 1 heterocycles. The zero-order chi connectivity index (χ0) is 13.0. The molecule has 1 unspecified atom stereocenters. The minimum Gasteiger partial charge on any atom is -0.377 e. The maximum absolute atomic E-state index is 12.6. The molecule has 0 bridgehead atoms. The summed E-state index contributed by atoms with van der Waals surface area (Å²) in [4.78, 5) is 15.5. The van der Waals surface area contributed by atoms with Gasteiger partial charge >= 0.3 is 0 Å². The van der Waals surface area contributed by atoms with Crippen LogP contribution in [0.1, 0.15) is 10.4 Å². The molecule has 1 saturated heterocycles. The van der Waals surface area contributed by atoms with Crippen LogP contribution in [0.4, 0.5) is 0 Å². The largest absolute Gasteiger partial charge is 0.377 e. The number of hydrogen-bond acceptors (Lipinski definition) is 3. The lowest BCUT2D eigenvalue weighted by atomic mass is 10.1. The van der Waals surface area contributed by atoms with Crippen molar-refractivity contribution in [2.45, 2.75) is 10.9 Å². The molecule has 5 heteroatoms. The molecule has 0 N–H and O–H groups in total. The molecule has 0 aliphatic carbocycles. The Kier molecular flexibility index (Phi) is 5.09. The molecule has 1 aliphatic rings. The van der Waals surface area contributed by atoms with Gasteiger partial charge in [0.1, 0.15) is 0 Å². The summed E-state index contributed by atoms with van der Waals surface area (Å²) in [7, 11) is 0. The van der Waals surface area contributed by atoms with E-state index in [0.717, 1.165) is 15.8 Å². The Morgan fingerprint density at radius 1 is 1.56 bits per heavy atom. The number of amides is 1. The number of thioether (sulfide) groups is 1. The summed E-state index contributed by atoms with van der Waals surface area (Å²) in [5, 5.41) is 0.750. The van der Waals surface area contributed by atoms with Gasteiger partial charge < -0.3 is 9.64 Å². The molecule has 1 aliphatic heterocycles. The molecule has 18 heavy (non-hydrogen) atoms. The van der Waals surface area contributed by atoms with Crippen LogP contribution in [-0.4, -0.2) is 48.2 Å². The Bertz CT molecular complexity index is 427. The lowest BCUT2D eigenvalue weighted by molar-refractivity contribution is 0.00505. The second-order valence-electron chi connectivity index (χ2n) is 4.08. The van der Waals surface area contributed by atoms with Crippen molar-refractivity contribution in [1.29, 1.82) is 0 Å². The van der Waals surface area contributed by atoms with Gasteiger partial charge in [-0.25, -0.2) is 0 Å². The Hall–Kier alpha value is -0.520. The third-order valence-electron chi connectivity index (χ3n) is 3.00. The Morgan fingerprint density at radius 2 is 2.33 bits per heavy atom. The van der Waals surface area contributed by atoms with E-state index in [1.165, 1.54) is 0 Å². The van der Waals surface area contributed by atoms with Crippen molar-refractivity contribution in [1.82, 2.24) is 4.90 Å². The summed E-state index contributed by atoms with van der Waals surface area (Å²) in [6, 6.07) is 7.89. The quantitative estimate of drug-likeness (QED) is 0.630. The van der Waals surface area contributed by atoms with Gasteiger partial charge in [-0.2, -0.15) is 0 Å². The highest BCUT2D eigenvalue weighted by atomic mass is 79.9. The van der Waals surface area contributed by atoms with E-state index in [1.807, 2.05) is 35.4 Å². The Morgan fingerprint density at radius 3 is 3.06 bits per heavy atom. The number of morpholine rings is 1. The van der Waals surface area contributed by atoms with E-state index < -0.39 is 0 Å². The number of hydrogen-bond donors (Lipinski definition) is 0. The van der Waals surface area contributed by atoms with E-state index in [9.17, 15) is 4.79 Å². The summed E-state index contributed by atoms with van der Waals surface area (Å²) >= 11 is 5.05. The van der Waals surface area contributed by atoms with Gasteiger partial charge in [-0.3, -0.25) is 4.79 Å². The molecule has 3 nitrogen and oxygen atoms in total. The van der Waals surface area contributed by atoms with Crippen LogP contribution in [0, 0.1) is 0 Å². The van der Waals surface area contributed by atoms with Crippen LogP contribution in [-0.2, 0) is 4.74 Å². The summed E-state index contributed by atoms with van der Waals surface area (Å²) in [5.74, 6) is 0.104. The minimum absolute atomic E-state index is 0.104. The van der Waals surface area contributed by atoms with Gasteiger partial charge in [-0.05, 0) is 18.4 Å². The number of halogens is 1. The lowest BCUT2D eigenvalue weighted by Crippen LogP contribution is -2.49. The molecule has 0 saturated carbocycles. The van der Waals surface area contributed by atoms with Crippen LogP contribution in [0.5, 0.6) is 0 Å². The Labute approximate surface area is 120 Å². The van der Waals surface area contributed by atoms with Crippen molar-refractivity contribution in [2.24, 2.45) is 0 Å². The smallest absolute Gasteiger partial charge is 0.255 e. The fourth-order valence-corrected chi connectivity index (χ4v) is 3.15. The molecule has 0 spiro atoms. The maximum Gasteiger partial charge on any atom is 0.255 e. The van der Waals surface area contributed by atoms with Crippen LogP contribution in [0.25, 0.3) is 0 Å². The van der Waals surface area contributed by atoms with E-state index in [0.29, 0.717) is 19.8 Å². The number of benzene rings is 1. The zero-order valence-electron chi connectivity index (χ0n) is 10.3. The topological polar surface area (TPSA) is 29.5 Å². The van der Waals surface area contributed by atoms with E-state index in [1.54, 1.807) is 11.8 Å². The summed E-state index contributed by atoms with van der Waals surface area (Å²) < 4.78 is 5.42. The van der Waals surface area contributed by atoms with Gasteiger partial charge in [0.05, 0.1) is 24.8 Å². The fraction of sp³-hybridized carbons (Fsp3) is 0.462. The number of nitrogens with zero attached hydrogens (tertiary/aromatic N) is 1. The first-order valence-corrected chi connectivity index (χ1v) is 8.20. The number of carbonyl (C=O) groups excluding carboxylic acids is 1. The summed E-state index contributed by atoms with van der Waals surface area (Å²) in [6.07, 6.45) is 1.99.